The lowest BCUT2D eigenvalue weighted by molar-refractivity contribution is 0.912. The number of para-hydroxylation sites is 3. The fraction of sp³-hybridized carbons (Fsp3) is 0.0769. The largest absolute Gasteiger partial charge is 0.311 e. The van der Waals surface area contributed by atoms with Crippen LogP contribution < -0.4 is 26.2 Å². The Morgan fingerprint density at radius 3 is 1.71 bits per heavy atom. The molecule has 0 spiro atoms. The molecule has 2 aliphatic heterocycles. The van der Waals surface area contributed by atoms with Crippen molar-refractivity contribution in [3.63, 3.8) is 0 Å². The molecule has 0 saturated carbocycles. The van der Waals surface area contributed by atoms with Gasteiger partial charge in [-0.1, -0.05) is 91.0 Å². The Bertz CT molecular complexity index is 1980. The molecule has 42 heavy (non-hydrogen) atoms. The first-order valence-electron chi connectivity index (χ1n) is 15.0. The van der Waals surface area contributed by atoms with Crippen LogP contribution in [0.2, 0.25) is 0 Å². The van der Waals surface area contributed by atoms with E-state index in [1.165, 1.54) is 92.0 Å². The van der Waals surface area contributed by atoms with E-state index in [2.05, 4.69) is 149 Å². The SMILES string of the molecule is c1ccc(N2c3ccccc3B3c4ccccc4N(c4ccc(-c5cccc6c5CCC6)cc4)c4cccc2c43)cc1. The molecule has 0 saturated heterocycles. The van der Waals surface area contributed by atoms with Gasteiger partial charge in [0.25, 0.3) is 6.71 Å². The summed E-state index contributed by atoms with van der Waals surface area (Å²) in [7, 11) is 0. The molecule has 0 amide bonds. The van der Waals surface area contributed by atoms with Crippen LogP contribution in [0.25, 0.3) is 11.1 Å². The number of aryl methyl sites for hydroxylation is 1. The van der Waals surface area contributed by atoms with Crippen molar-refractivity contribution < 1.29 is 0 Å². The van der Waals surface area contributed by atoms with Gasteiger partial charge in [-0.05, 0) is 106 Å². The van der Waals surface area contributed by atoms with Crippen LogP contribution in [-0.4, -0.2) is 6.71 Å². The molecule has 6 aromatic rings. The number of hydrogen-bond donors (Lipinski definition) is 0. The van der Waals surface area contributed by atoms with Crippen molar-refractivity contribution in [2.45, 2.75) is 19.3 Å². The first-order valence-corrected chi connectivity index (χ1v) is 15.0. The van der Waals surface area contributed by atoms with Gasteiger partial charge in [-0.3, -0.25) is 0 Å². The number of hydrogen-bond acceptors (Lipinski definition) is 2. The second kappa shape index (κ2) is 9.25. The van der Waals surface area contributed by atoms with Crippen LogP contribution in [0.1, 0.15) is 17.5 Å². The van der Waals surface area contributed by atoms with Crippen molar-refractivity contribution in [1.82, 2.24) is 0 Å². The van der Waals surface area contributed by atoms with Crippen LogP contribution in [-0.2, 0) is 12.8 Å². The summed E-state index contributed by atoms with van der Waals surface area (Å²) in [5.41, 5.74) is 17.2. The third kappa shape index (κ3) is 3.40. The highest BCUT2D eigenvalue weighted by Gasteiger charge is 2.42. The van der Waals surface area contributed by atoms with Gasteiger partial charge in [-0.2, -0.15) is 0 Å². The summed E-state index contributed by atoms with van der Waals surface area (Å²) in [6, 6.07) is 51.6. The van der Waals surface area contributed by atoms with Gasteiger partial charge in [0.1, 0.15) is 0 Å². The number of fused-ring (bicyclic) bond motifs is 5. The molecule has 6 aromatic carbocycles. The van der Waals surface area contributed by atoms with E-state index in [1.807, 2.05) is 0 Å². The Kier molecular flexibility index (Phi) is 5.22. The molecule has 0 bridgehead atoms. The van der Waals surface area contributed by atoms with Crippen LogP contribution >= 0.6 is 0 Å². The van der Waals surface area contributed by atoms with Crippen molar-refractivity contribution >= 4 is 57.2 Å². The maximum Gasteiger partial charge on any atom is 0.252 e. The van der Waals surface area contributed by atoms with E-state index < -0.39 is 0 Å². The molecule has 0 unspecified atom stereocenters. The van der Waals surface area contributed by atoms with Gasteiger partial charge in [0.15, 0.2) is 0 Å². The van der Waals surface area contributed by atoms with Gasteiger partial charge >= 0.3 is 0 Å². The summed E-state index contributed by atoms with van der Waals surface area (Å²) < 4.78 is 0. The minimum absolute atomic E-state index is 0.172. The standard InChI is InChI=1S/C39H29BN2/c1-2-13-29(14-3-1)41-35-19-6-4-17-33(35)40-34-18-5-7-20-36(34)42(38-22-10-21-37(41)39(38)40)30-25-23-28(24-26-30)32-16-9-12-27-11-8-15-31(27)32/h1-7,9-10,12-14,16-26H,8,11,15H2. The molecule has 0 N–H and O–H groups in total. The zero-order valence-corrected chi connectivity index (χ0v) is 23.4. The lowest BCUT2D eigenvalue weighted by Crippen LogP contribution is -2.61. The van der Waals surface area contributed by atoms with E-state index in [0.717, 1.165) is 0 Å². The normalized spacial score (nSPS) is 14.2. The Labute approximate surface area is 247 Å². The van der Waals surface area contributed by atoms with Gasteiger partial charge in [-0.15, -0.1) is 0 Å². The first-order chi connectivity index (χ1) is 20.9. The van der Waals surface area contributed by atoms with Crippen molar-refractivity contribution in [3.05, 3.63) is 151 Å². The molecule has 2 heterocycles. The Hall–Kier alpha value is -5.02. The molecule has 0 radical (unpaired) electrons. The summed E-state index contributed by atoms with van der Waals surface area (Å²) in [4.78, 5) is 4.91. The lowest BCUT2D eigenvalue weighted by atomic mass is 9.33. The van der Waals surface area contributed by atoms with Gasteiger partial charge < -0.3 is 9.80 Å². The average Bonchev–Trinajstić information content (AvgIpc) is 3.55. The molecular weight excluding hydrogens is 507 g/mol. The van der Waals surface area contributed by atoms with E-state index >= 15 is 0 Å². The smallest absolute Gasteiger partial charge is 0.252 e. The lowest BCUT2D eigenvalue weighted by Gasteiger charge is -2.44. The molecule has 0 fully saturated rings. The van der Waals surface area contributed by atoms with Crippen molar-refractivity contribution in [2.24, 2.45) is 0 Å². The molecule has 198 valence electrons. The maximum atomic E-state index is 2.47. The second-order valence-corrected chi connectivity index (χ2v) is 11.6. The quantitative estimate of drug-likeness (QED) is 0.212. The van der Waals surface area contributed by atoms with Crippen LogP contribution in [0.4, 0.5) is 34.1 Å². The number of anilines is 6. The second-order valence-electron chi connectivity index (χ2n) is 11.6. The predicted octanol–water partition coefficient (Wildman–Crippen LogP) is 7.92. The minimum atomic E-state index is 0.172. The summed E-state index contributed by atoms with van der Waals surface area (Å²) in [5, 5.41) is 0. The summed E-state index contributed by atoms with van der Waals surface area (Å²) in [6.07, 6.45) is 3.65. The Morgan fingerprint density at radius 1 is 0.452 bits per heavy atom. The summed E-state index contributed by atoms with van der Waals surface area (Å²) >= 11 is 0. The highest BCUT2D eigenvalue weighted by molar-refractivity contribution is 7.00. The molecule has 9 rings (SSSR count). The third-order valence-electron chi connectivity index (χ3n) is 9.40. The highest BCUT2D eigenvalue weighted by atomic mass is 15.2. The zero-order chi connectivity index (χ0) is 27.6. The number of benzene rings is 6. The van der Waals surface area contributed by atoms with Crippen LogP contribution in [0.5, 0.6) is 0 Å². The maximum absolute atomic E-state index is 2.47. The fourth-order valence-corrected chi connectivity index (χ4v) is 7.65. The number of nitrogens with zero attached hydrogens (tertiary/aromatic N) is 2. The Balaban J connectivity index is 1.24. The van der Waals surface area contributed by atoms with Crippen molar-refractivity contribution in [1.29, 1.82) is 0 Å². The van der Waals surface area contributed by atoms with Crippen LogP contribution in [0, 0.1) is 0 Å². The van der Waals surface area contributed by atoms with Gasteiger partial charge in [0.2, 0.25) is 0 Å². The van der Waals surface area contributed by atoms with Crippen LogP contribution in [0.3, 0.4) is 0 Å². The van der Waals surface area contributed by atoms with E-state index in [0.29, 0.717) is 0 Å². The third-order valence-corrected chi connectivity index (χ3v) is 9.40. The molecule has 0 atom stereocenters. The number of rotatable bonds is 3. The van der Waals surface area contributed by atoms with E-state index in [1.54, 1.807) is 0 Å². The monoisotopic (exact) mass is 536 g/mol. The van der Waals surface area contributed by atoms with Crippen molar-refractivity contribution in [2.75, 3.05) is 9.80 Å². The zero-order valence-electron chi connectivity index (χ0n) is 23.4. The van der Waals surface area contributed by atoms with Crippen LogP contribution in [0.15, 0.2) is 140 Å². The fourth-order valence-electron chi connectivity index (χ4n) is 7.65. The minimum Gasteiger partial charge on any atom is -0.311 e. The van der Waals surface area contributed by atoms with E-state index in [4.69, 9.17) is 0 Å². The predicted molar refractivity (Wildman–Crippen MR) is 178 cm³/mol. The molecule has 3 aliphatic rings. The molecule has 0 aromatic heterocycles. The van der Waals surface area contributed by atoms with E-state index in [-0.39, 0.29) is 6.71 Å². The van der Waals surface area contributed by atoms with Crippen molar-refractivity contribution in [3.8, 4) is 11.1 Å². The topological polar surface area (TPSA) is 6.48 Å². The molecule has 2 nitrogen and oxygen atoms in total. The van der Waals surface area contributed by atoms with E-state index in [9.17, 15) is 0 Å². The van der Waals surface area contributed by atoms with Gasteiger partial charge in [-0.25, -0.2) is 0 Å². The van der Waals surface area contributed by atoms with Gasteiger partial charge in [0, 0.05) is 34.1 Å². The first kappa shape index (κ1) is 23.7. The van der Waals surface area contributed by atoms with Gasteiger partial charge in [0.05, 0.1) is 0 Å². The highest BCUT2D eigenvalue weighted by Crippen LogP contribution is 2.44. The molecule has 1 aliphatic carbocycles. The summed E-state index contributed by atoms with van der Waals surface area (Å²) in [6.45, 7) is 0.172. The molecule has 3 heteroatoms. The molecular formula is C39H29BN2. The Morgan fingerprint density at radius 2 is 1.02 bits per heavy atom. The summed E-state index contributed by atoms with van der Waals surface area (Å²) in [5.74, 6) is 0. The average molecular weight is 536 g/mol.